The van der Waals surface area contributed by atoms with Gasteiger partial charge in [-0.1, -0.05) is 237 Å². The van der Waals surface area contributed by atoms with Gasteiger partial charge in [-0.2, -0.15) is 10.2 Å². The zero-order valence-corrected chi connectivity index (χ0v) is 58.0. The van der Waals surface area contributed by atoms with Gasteiger partial charge in [0.25, 0.3) is 5.69 Å². The fourth-order valence-electron chi connectivity index (χ4n) is 14.8. The normalized spacial score (nSPS) is 12.3. The summed E-state index contributed by atoms with van der Waals surface area (Å²) >= 11 is 0. The number of aliphatic imine (C=N–C) groups is 1. The van der Waals surface area contributed by atoms with Crippen LogP contribution in [-0.4, -0.2) is 69.8 Å². The lowest BCUT2D eigenvalue weighted by atomic mass is 9.77. The van der Waals surface area contributed by atoms with Crippen molar-refractivity contribution in [3.8, 4) is 22.5 Å². The molecule has 550 valence electrons. The van der Waals surface area contributed by atoms with Crippen LogP contribution in [0.25, 0.3) is 62.5 Å². The third kappa shape index (κ3) is 15.0. The molecule has 0 fully saturated rings. The highest BCUT2D eigenvalue weighted by molar-refractivity contribution is 6.16. The Labute approximate surface area is 643 Å². The van der Waals surface area contributed by atoms with E-state index in [4.69, 9.17) is 14.9 Å². The molecule has 0 radical (unpaired) electrons. The molecular weight excluding hydrogens is 1360 g/mol. The highest BCUT2D eigenvalue weighted by atomic mass is 16.6. The van der Waals surface area contributed by atoms with Gasteiger partial charge in [-0.25, -0.2) is 14.2 Å². The van der Waals surface area contributed by atoms with E-state index in [9.17, 15) is 24.5 Å². The van der Waals surface area contributed by atoms with Crippen molar-refractivity contribution in [2.45, 2.75) is 88.4 Å². The zero-order chi connectivity index (χ0) is 72.2. The highest BCUT2D eigenvalue weighted by Crippen LogP contribution is 2.48. The highest BCUT2D eigenvalue weighted by Gasteiger charge is 2.43. The molecule has 0 saturated carbocycles. The predicted octanol–water partition coefficient (Wildman–Crippen LogP) is 20.8. The van der Waals surface area contributed by atoms with Crippen molar-refractivity contribution in [3.63, 3.8) is 0 Å². The summed E-state index contributed by atoms with van der Waals surface area (Å²) < 4.78 is 8.82. The van der Waals surface area contributed by atoms with Gasteiger partial charge in [-0.05, 0) is 161 Å². The van der Waals surface area contributed by atoms with Crippen molar-refractivity contribution < 1.29 is 24.0 Å². The van der Waals surface area contributed by atoms with Crippen LogP contribution in [0.3, 0.4) is 0 Å². The van der Waals surface area contributed by atoms with Crippen molar-refractivity contribution in [2.75, 3.05) is 7.11 Å². The van der Waals surface area contributed by atoms with Gasteiger partial charge in [0.1, 0.15) is 22.5 Å². The van der Waals surface area contributed by atoms with Gasteiger partial charge >= 0.3 is 5.97 Å². The first-order valence-corrected chi connectivity index (χ1v) is 34.6. The molecule has 2 aliphatic carbocycles. The third-order valence-corrected chi connectivity index (χ3v) is 19.5. The van der Waals surface area contributed by atoms with E-state index < -0.39 is 22.0 Å². The Bertz CT molecular complexity index is 5620. The van der Waals surface area contributed by atoms with Crippen LogP contribution >= 0.6 is 0 Å². The maximum absolute atomic E-state index is 12.5. The van der Waals surface area contributed by atoms with Gasteiger partial charge in [-0.3, -0.25) is 39.6 Å². The van der Waals surface area contributed by atoms with E-state index >= 15 is 0 Å². The number of aryl methyl sites for hydroxylation is 3. The molecule has 3 aliphatic rings. The number of nitro benzene ring substituents is 1. The molecule has 9 aromatic carbocycles. The second-order valence-electron chi connectivity index (χ2n) is 26.1. The first-order chi connectivity index (χ1) is 51.3. The Hall–Kier alpha value is -13.5. The second-order valence-corrected chi connectivity index (χ2v) is 26.1. The molecule has 0 unspecified atom stereocenters. The summed E-state index contributed by atoms with van der Waals surface area (Å²) in [7, 11) is 1.26. The molecule has 0 atom stereocenters. The second kappa shape index (κ2) is 33.9. The average molecular weight is 1450 g/mol. The number of ether oxygens (including phenoxy) is 1. The minimum atomic E-state index is -1.01. The van der Waals surface area contributed by atoms with Crippen LogP contribution in [-0.2, 0) is 49.6 Å². The van der Waals surface area contributed by atoms with Gasteiger partial charge in [0.05, 0.1) is 40.9 Å². The molecule has 15 heteroatoms. The molecule has 0 bridgehead atoms. The number of allylic oxidation sites excluding steroid dienone is 2. The topological polar surface area (TPSA) is 190 Å². The lowest BCUT2D eigenvalue weighted by molar-refractivity contribution is -0.385. The van der Waals surface area contributed by atoms with E-state index in [1.807, 2.05) is 183 Å². The number of aromatic nitrogens is 7. The van der Waals surface area contributed by atoms with Gasteiger partial charge in [0.2, 0.25) is 0 Å². The number of pyridine rings is 3. The molecule has 6 heterocycles. The Kier molecular flexibility index (Phi) is 24.4. The van der Waals surface area contributed by atoms with Crippen molar-refractivity contribution in [3.05, 3.63) is 397 Å². The summed E-state index contributed by atoms with van der Waals surface area (Å²) in [6.07, 6.45) is 16.0. The van der Waals surface area contributed by atoms with Crippen molar-refractivity contribution in [1.29, 1.82) is 0 Å². The molecule has 5 aromatic heterocycles. The molecule has 15 nitrogen and oxygen atoms in total. The predicted molar refractivity (Wildman–Crippen MR) is 446 cm³/mol. The van der Waals surface area contributed by atoms with E-state index in [2.05, 4.69) is 134 Å². The summed E-state index contributed by atoms with van der Waals surface area (Å²) in [5.74, 6) is -0.328. The summed E-state index contributed by atoms with van der Waals surface area (Å²) in [5, 5.41) is 25.0. The van der Waals surface area contributed by atoms with Gasteiger partial charge in [-0.15, -0.1) is 0 Å². The molecule has 14 aromatic rings. The summed E-state index contributed by atoms with van der Waals surface area (Å²) in [6, 6.07) is 85.6. The Morgan fingerprint density at radius 3 is 1.23 bits per heavy atom. The number of nitro groups is 1. The van der Waals surface area contributed by atoms with Crippen LogP contribution in [0.1, 0.15) is 132 Å². The van der Waals surface area contributed by atoms with E-state index in [1.54, 1.807) is 30.5 Å². The first kappa shape index (κ1) is 79.0. The summed E-state index contributed by atoms with van der Waals surface area (Å²) in [5.41, 5.74) is 20.8. The Balaban J connectivity index is 0.000000181. The van der Waals surface area contributed by atoms with E-state index in [-0.39, 0.29) is 60.0 Å². The molecule has 0 N–H and O–H groups in total. The molecule has 1 aliphatic heterocycles. The molecule has 0 spiro atoms. The third-order valence-electron chi connectivity index (χ3n) is 19.5. The average Bonchev–Trinajstić information content (AvgIpc) is 1.48. The fourth-order valence-corrected chi connectivity index (χ4v) is 14.8. The van der Waals surface area contributed by atoms with E-state index in [0.717, 1.165) is 112 Å². The van der Waals surface area contributed by atoms with Gasteiger partial charge in [0.15, 0.2) is 11.6 Å². The fraction of sp³-hybridized carbons (Fsp3) is 0.147. The number of rotatable bonds is 14. The number of hydrogen-bond acceptors (Lipinski definition) is 12. The van der Waals surface area contributed by atoms with Crippen LogP contribution in [0.2, 0.25) is 0 Å². The van der Waals surface area contributed by atoms with Crippen LogP contribution in [0.15, 0.2) is 297 Å². The van der Waals surface area contributed by atoms with Crippen molar-refractivity contribution in [1.82, 2.24) is 34.5 Å². The minimum absolute atomic E-state index is 0. The number of methoxy groups -OCH3 is 1. The monoisotopic (exact) mass is 1450 g/mol. The summed E-state index contributed by atoms with van der Waals surface area (Å²) in [4.78, 5) is 65.7. The summed E-state index contributed by atoms with van der Waals surface area (Å²) in [6.45, 7) is 6.58. The molecule has 0 saturated heterocycles. The number of nitrogens with zero attached hydrogens (tertiary/aromatic N) is 9. The molecular formula is C95H89N9O6. The quantitative estimate of drug-likeness (QED) is 0.0331. The largest absolute Gasteiger partial charge is 0.466 e. The Morgan fingerprint density at radius 1 is 0.455 bits per heavy atom. The van der Waals surface area contributed by atoms with Crippen LogP contribution in [0.4, 0.5) is 5.69 Å². The number of fused-ring (bicyclic) bond motifs is 5. The molecule has 17 rings (SSSR count). The first-order valence-electron chi connectivity index (χ1n) is 34.6. The van der Waals surface area contributed by atoms with Gasteiger partial charge in [0, 0.05) is 93.7 Å². The number of carbonyl (C=O) groups is 3. The van der Waals surface area contributed by atoms with Gasteiger partial charge < -0.3 is 4.74 Å². The maximum atomic E-state index is 12.5. The van der Waals surface area contributed by atoms with Crippen LogP contribution < -0.4 is 0 Å². The minimum Gasteiger partial charge on any atom is -0.466 e. The molecule has 0 amide bonds. The zero-order valence-electron chi connectivity index (χ0n) is 58.0. The van der Waals surface area contributed by atoms with E-state index in [0.29, 0.717) is 36.0 Å². The van der Waals surface area contributed by atoms with E-state index in [1.165, 1.54) is 30.4 Å². The smallest absolute Gasteiger partial charge is 0.330 e. The number of hydrogen-bond donors (Lipinski definition) is 0. The van der Waals surface area contributed by atoms with Crippen molar-refractivity contribution in [2.24, 2.45) is 4.99 Å². The van der Waals surface area contributed by atoms with Crippen LogP contribution in [0.5, 0.6) is 0 Å². The lowest BCUT2D eigenvalue weighted by Gasteiger charge is -2.37. The number of benzene rings is 9. The maximum Gasteiger partial charge on any atom is 0.330 e. The standard InChI is InChI=1S/C36H28N4O4.C36H27N3O.C18H14N2O.5CH4/c1-25-22-27(20-21-37-25)35-31-23-26(18-19-34(41)44-2)32(40(42)43)24-33(31)39(38-35)36(28-12-6-3-7-13-28,29-14-8-4-9-15-29)30-16-10-5-11-17-30;1-25-21-27(19-20-37-25)35-33-23-26-17-18-32(40)22-28(26)24-34(33)39(38-35)36(29-11-5-2-6-12-29,30-13-7-3-8-14-30)31-15-9-4-10-16-31;1-11-6-13(4-5-19-11)18-17-9-12-2-3-16(21)8-14(12)7-15(17)10-20-18;;;;;/h3-24H,1-2H3;2-21,23-24H,22H2,1H3;2-7,9H,8,10H2,1H3;5*1H4/b19-18+;;;;;;;. The Morgan fingerprint density at radius 2 is 0.827 bits per heavy atom. The number of ketones is 2. The number of carbonyl (C=O) groups excluding carboxylic acids is 3. The van der Waals surface area contributed by atoms with Crippen LogP contribution in [0, 0.1) is 30.9 Å². The lowest BCUT2D eigenvalue weighted by Crippen LogP contribution is -2.38. The SMILES string of the molecule is C.C.C.C.C.COC(=O)/C=C/c1cc2c(-c3ccnc(C)c3)nn(C(c3ccccc3)(c3ccccc3)c3ccccc3)c2cc1[N+](=O)[O-].Cc1cc(-c2nn(C(c3ccccc3)(c3ccccc3)c3ccccc3)c3cc4c(cc23)C=CC(=O)C4)ccn1.Cc1cc(C2=NCc3cc4c(cc32)C=CC(=O)C4)ccn1. The van der Waals surface area contributed by atoms with Crippen molar-refractivity contribution >= 4 is 69.0 Å². The number of esters is 1. The molecule has 110 heavy (non-hydrogen) atoms.